The van der Waals surface area contributed by atoms with Gasteiger partial charge in [-0.3, -0.25) is 25.1 Å². The Bertz CT molecular complexity index is 529. The molecule has 0 spiro atoms. The van der Waals surface area contributed by atoms with Crippen LogP contribution in [0.15, 0.2) is 30.3 Å². The first-order chi connectivity index (χ1) is 8.95. The van der Waals surface area contributed by atoms with E-state index in [0.717, 1.165) is 10.5 Å². The molecule has 6 nitrogen and oxygen atoms in total. The van der Waals surface area contributed by atoms with Gasteiger partial charge in [0.25, 0.3) is 11.8 Å². The second-order valence-corrected chi connectivity index (χ2v) is 4.59. The lowest BCUT2D eigenvalue weighted by molar-refractivity contribution is -0.144. The Labute approximate surface area is 110 Å². The van der Waals surface area contributed by atoms with E-state index < -0.39 is 23.4 Å². The van der Waals surface area contributed by atoms with Crippen molar-refractivity contribution in [2.45, 2.75) is 19.0 Å². The number of carbonyl (C=O) groups is 3. The number of carbonyl (C=O) groups excluding carboxylic acids is 3. The Balaban J connectivity index is 2.15. The number of imide groups is 2. The third kappa shape index (κ3) is 2.34. The summed E-state index contributed by atoms with van der Waals surface area (Å²) in [6, 6.07) is 8.70. The van der Waals surface area contributed by atoms with E-state index in [1.807, 2.05) is 30.3 Å². The van der Waals surface area contributed by atoms with Crippen LogP contribution in [0.4, 0.5) is 4.79 Å². The van der Waals surface area contributed by atoms with Gasteiger partial charge in [-0.2, -0.15) is 0 Å². The minimum atomic E-state index is -1.43. The molecule has 1 heterocycles. The molecule has 2 N–H and O–H groups in total. The molecular weight excluding hydrogens is 246 g/mol. The Hall–Kier alpha value is -2.21. The zero-order valence-corrected chi connectivity index (χ0v) is 10.8. The number of likely N-dealkylation sites (N-methyl/N-ethyl adjacent to an activating group) is 1. The molecule has 1 aromatic rings. The van der Waals surface area contributed by atoms with Gasteiger partial charge in [0, 0.05) is 13.6 Å². The first-order valence-electron chi connectivity index (χ1n) is 5.87. The number of barbiturate groups is 1. The monoisotopic (exact) mass is 261 g/mol. The van der Waals surface area contributed by atoms with Crippen LogP contribution in [0.2, 0.25) is 0 Å². The standard InChI is InChI=1S/C13H15N3O3/c1-13(14-8-9-6-4-3-5-7-9)10(17)15-12(19)16(2)11(13)18/h3-7,14H,8H2,1-2H3,(H,15,17,19). The molecule has 1 aliphatic heterocycles. The maximum atomic E-state index is 12.1. The topological polar surface area (TPSA) is 78.5 Å². The van der Waals surface area contributed by atoms with Crippen LogP contribution in [0.1, 0.15) is 12.5 Å². The van der Waals surface area contributed by atoms with Gasteiger partial charge in [0.2, 0.25) is 0 Å². The number of nitrogens with zero attached hydrogens (tertiary/aromatic N) is 1. The lowest BCUT2D eigenvalue weighted by Gasteiger charge is -2.35. The molecule has 1 aliphatic rings. The van der Waals surface area contributed by atoms with Gasteiger partial charge in [0.05, 0.1) is 0 Å². The van der Waals surface area contributed by atoms with Crippen molar-refractivity contribution >= 4 is 17.8 Å². The van der Waals surface area contributed by atoms with Crippen LogP contribution in [0.25, 0.3) is 0 Å². The van der Waals surface area contributed by atoms with Gasteiger partial charge >= 0.3 is 6.03 Å². The number of amides is 4. The average molecular weight is 261 g/mol. The van der Waals surface area contributed by atoms with E-state index in [-0.39, 0.29) is 0 Å². The van der Waals surface area contributed by atoms with Crippen LogP contribution in [0.5, 0.6) is 0 Å². The minimum Gasteiger partial charge on any atom is -0.292 e. The molecule has 1 atom stereocenters. The first-order valence-corrected chi connectivity index (χ1v) is 5.87. The van der Waals surface area contributed by atoms with Crippen molar-refractivity contribution in [3.05, 3.63) is 35.9 Å². The summed E-state index contributed by atoms with van der Waals surface area (Å²) in [5.74, 6) is -1.19. The largest absolute Gasteiger partial charge is 0.330 e. The Kier molecular flexibility index (Phi) is 3.35. The summed E-state index contributed by atoms with van der Waals surface area (Å²) in [7, 11) is 1.34. The summed E-state index contributed by atoms with van der Waals surface area (Å²) >= 11 is 0. The normalized spacial score (nSPS) is 23.5. The van der Waals surface area contributed by atoms with Gasteiger partial charge in [-0.05, 0) is 12.5 Å². The molecule has 0 aliphatic carbocycles. The fraction of sp³-hybridized carbons (Fsp3) is 0.308. The molecule has 100 valence electrons. The fourth-order valence-electron chi connectivity index (χ4n) is 1.86. The lowest BCUT2D eigenvalue weighted by Crippen LogP contribution is -2.70. The van der Waals surface area contributed by atoms with Gasteiger partial charge in [0.1, 0.15) is 0 Å². The molecular formula is C13H15N3O3. The van der Waals surface area contributed by atoms with Crippen LogP contribution in [-0.2, 0) is 16.1 Å². The summed E-state index contributed by atoms with van der Waals surface area (Å²) in [6.07, 6.45) is 0. The maximum absolute atomic E-state index is 12.1. The van der Waals surface area contributed by atoms with Crippen molar-refractivity contribution in [3.8, 4) is 0 Å². The average Bonchev–Trinajstić information content (AvgIpc) is 2.42. The predicted octanol–water partition coefficient (Wildman–Crippen LogP) is 0.243. The highest BCUT2D eigenvalue weighted by Crippen LogP contribution is 2.14. The summed E-state index contributed by atoms with van der Waals surface area (Å²) in [4.78, 5) is 36.2. The molecule has 1 fully saturated rings. The number of urea groups is 1. The van der Waals surface area contributed by atoms with Crippen LogP contribution >= 0.6 is 0 Å². The minimum absolute atomic E-state index is 0.360. The molecule has 0 radical (unpaired) electrons. The summed E-state index contributed by atoms with van der Waals surface area (Å²) in [5.41, 5.74) is -0.484. The van der Waals surface area contributed by atoms with Crippen molar-refractivity contribution in [1.29, 1.82) is 0 Å². The van der Waals surface area contributed by atoms with Crippen molar-refractivity contribution in [3.63, 3.8) is 0 Å². The van der Waals surface area contributed by atoms with Crippen molar-refractivity contribution < 1.29 is 14.4 Å². The van der Waals surface area contributed by atoms with Crippen LogP contribution in [0.3, 0.4) is 0 Å². The van der Waals surface area contributed by atoms with Crippen LogP contribution in [0, 0.1) is 0 Å². The Morgan fingerprint density at radius 1 is 1.21 bits per heavy atom. The molecule has 0 aromatic heterocycles. The van der Waals surface area contributed by atoms with E-state index in [2.05, 4.69) is 10.6 Å². The fourth-order valence-corrected chi connectivity index (χ4v) is 1.86. The molecule has 2 rings (SSSR count). The molecule has 0 saturated carbocycles. The Morgan fingerprint density at radius 3 is 2.47 bits per heavy atom. The second-order valence-electron chi connectivity index (χ2n) is 4.59. The van der Waals surface area contributed by atoms with Gasteiger partial charge < -0.3 is 0 Å². The lowest BCUT2D eigenvalue weighted by atomic mass is 9.97. The third-order valence-electron chi connectivity index (χ3n) is 3.20. The third-order valence-corrected chi connectivity index (χ3v) is 3.20. The van der Waals surface area contributed by atoms with Crippen molar-refractivity contribution in [1.82, 2.24) is 15.5 Å². The van der Waals surface area contributed by atoms with E-state index >= 15 is 0 Å². The SMILES string of the molecule is CN1C(=O)NC(=O)C(C)(NCc2ccccc2)C1=O. The highest BCUT2D eigenvalue weighted by molar-refractivity contribution is 6.21. The molecule has 19 heavy (non-hydrogen) atoms. The summed E-state index contributed by atoms with van der Waals surface area (Å²) in [5, 5.41) is 5.06. The first kappa shape index (κ1) is 13.2. The number of hydrogen-bond donors (Lipinski definition) is 2. The number of rotatable bonds is 3. The van der Waals surface area contributed by atoms with Gasteiger partial charge in [0.15, 0.2) is 5.54 Å². The molecule has 0 bridgehead atoms. The molecule has 4 amide bonds. The smallest absolute Gasteiger partial charge is 0.292 e. The van der Waals surface area contributed by atoms with Gasteiger partial charge in [-0.1, -0.05) is 30.3 Å². The van der Waals surface area contributed by atoms with E-state index in [1.165, 1.54) is 14.0 Å². The predicted molar refractivity (Wildman–Crippen MR) is 68.0 cm³/mol. The van der Waals surface area contributed by atoms with Crippen LogP contribution < -0.4 is 10.6 Å². The maximum Gasteiger partial charge on any atom is 0.330 e. The summed E-state index contributed by atoms with van der Waals surface area (Å²) < 4.78 is 0. The number of benzene rings is 1. The van der Waals surface area contributed by atoms with E-state index in [0.29, 0.717) is 6.54 Å². The van der Waals surface area contributed by atoms with Gasteiger partial charge in [-0.15, -0.1) is 0 Å². The second kappa shape index (κ2) is 4.81. The van der Waals surface area contributed by atoms with Crippen LogP contribution in [-0.4, -0.2) is 35.3 Å². The van der Waals surface area contributed by atoms with E-state index in [4.69, 9.17) is 0 Å². The number of hydrogen-bond acceptors (Lipinski definition) is 4. The molecule has 1 saturated heterocycles. The quantitative estimate of drug-likeness (QED) is 0.764. The van der Waals surface area contributed by atoms with Crippen molar-refractivity contribution in [2.75, 3.05) is 7.05 Å². The molecule has 1 aromatic carbocycles. The number of nitrogens with one attached hydrogen (secondary N) is 2. The highest BCUT2D eigenvalue weighted by Gasteiger charge is 2.48. The van der Waals surface area contributed by atoms with E-state index in [9.17, 15) is 14.4 Å². The summed E-state index contributed by atoms with van der Waals surface area (Å²) in [6.45, 7) is 1.83. The highest BCUT2D eigenvalue weighted by atomic mass is 16.2. The molecule has 6 heteroatoms. The van der Waals surface area contributed by atoms with E-state index in [1.54, 1.807) is 0 Å². The Morgan fingerprint density at radius 2 is 1.84 bits per heavy atom. The van der Waals surface area contributed by atoms with Crippen molar-refractivity contribution in [2.24, 2.45) is 0 Å². The zero-order chi connectivity index (χ0) is 14.0. The molecule has 1 unspecified atom stereocenters. The van der Waals surface area contributed by atoms with Gasteiger partial charge in [-0.25, -0.2) is 4.79 Å². The zero-order valence-electron chi connectivity index (χ0n) is 10.8.